The van der Waals surface area contributed by atoms with Crippen molar-refractivity contribution >= 4 is 0 Å². The molecule has 2 aromatic carbocycles. The highest BCUT2D eigenvalue weighted by Gasteiger charge is 2.12. The van der Waals surface area contributed by atoms with E-state index in [9.17, 15) is 13.9 Å². The van der Waals surface area contributed by atoms with Gasteiger partial charge in [0.2, 0.25) is 0 Å². The van der Waals surface area contributed by atoms with Crippen LogP contribution in [-0.2, 0) is 6.54 Å². The zero-order valence-corrected chi connectivity index (χ0v) is 11.7. The molecule has 0 aliphatic heterocycles. The van der Waals surface area contributed by atoms with Gasteiger partial charge in [0, 0.05) is 18.0 Å². The van der Waals surface area contributed by atoms with Crippen LogP contribution in [0.25, 0.3) is 11.1 Å². The molecule has 1 heterocycles. The van der Waals surface area contributed by atoms with E-state index >= 15 is 0 Å². The van der Waals surface area contributed by atoms with Gasteiger partial charge in [-0.3, -0.25) is 0 Å². The SMILES string of the molecule is OC(Cn1ccnc1)c1cccc(-c2cc(F)ccc2F)c1. The highest BCUT2D eigenvalue weighted by atomic mass is 19.1. The van der Waals surface area contributed by atoms with Gasteiger partial charge in [-0.05, 0) is 35.4 Å². The first-order valence-corrected chi connectivity index (χ1v) is 6.82. The lowest BCUT2D eigenvalue weighted by Crippen LogP contribution is -2.07. The van der Waals surface area contributed by atoms with Gasteiger partial charge in [0.15, 0.2) is 0 Å². The normalized spacial score (nSPS) is 12.3. The molecule has 0 aliphatic carbocycles. The molecule has 0 saturated heterocycles. The first-order chi connectivity index (χ1) is 10.6. The zero-order valence-electron chi connectivity index (χ0n) is 11.7. The summed E-state index contributed by atoms with van der Waals surface area (Å²) >= 11 is 0. The number of halogens is 2. The molecule has 1 atom stereocenters. The third-order valence-electron chi connectivity index (χ3n) is 3.45. The van der Waals surface area contributed by atoms with Gasteiger partial charge in [-0.2, -0.15) is 0 Å². The quantitative estimate of drug-likeness (QED) is 0.800. The van der Waals surface area contributed by atoms with Crippen LogP contribution in [0.1, 0.15) is 11.7 Å². The standard InChI is InChI=1S/C17H14F2N2O/c18-14-4-5-16(19)15(9-14)12-2-1-3-13(8-12)17(22)10-21-7-6-20-11-21/h1-9,11,17,22H,10H2. The maximum absolute atomic E-state index is 13.9. The molecule has 1 N–H and O–H groups in total. The van der Waals surface area contributed by atoms with Crippen LogP contribution >= 0.6 is 0 Å². The molecule has 0 saturated carbocycles. The zero-order chi connectivity index (χ0) is 15.5. The Balaban J connectivity index is 1.90. The van der Waals surface area contributed by atoms with Gasteiger partial charge in [0.1, 0.15) is 11.6 Å². The molecule has 3 nitrogen and oxygen atoms in total. The van der Waals surface area contributed by atoms with E-state index < -0.39 is 17.7 Å². The number of rotatable bonds is 4. The molecule has 1 aromatic heterocycles. The number of aliphatic hydroxyl groups is 1. The fourth-order valence-electron chi connectivity index (χ4n) is 2.33. The summed E-state index contributed by atoms with van der Waals surface area (Å²) < 4.78 is 28.9. The average Bonchev–Trinajstić information content (AvgIpc) is 3.03. The lowest BCUT2D eigenvalue weighted by atomic mass is 10.00. The van der Waals surface area contributed by atoms with Gasteiger partial charge < -0.3 is 9.67 Å². The molecule has 3 aromatic rings. The van der Waals surface area contributed by atoms with E-state index in [1.54, 1.807) is 47.6 Å². The molecule has 0 spiro atoms. The fourth-order valence-corrected chi connectivity index (χ4v) is 2.33. The molecular weight excluding hydrogens is 286 g/mol. The largest absolute Gasteiger partial charge is 0.387 e. The average molecular weight is 300 g/mol. The van der Waals surface area contributed by atoms with E-state index in [1.807, 2.05) is 0 Å². The summed E-state index contributed by atoms with van der Waals surface area (Å²) in [4.78, 5) is 3.92. The van der Waals surface area contributed by atoms with Gasteiger partial charge in [-0.15, -0.1) is 0 Å². The molecule has 0 amide bonds. The summed E-state index contributed by atoms with van der Waals surface area (Å²) in [5.74, 6) is -0.997. The van der Waals surface area contributed by atoms with Crippen molar-refractivity contribution < 1.29 is 13.9 Å². The molecule has 5 heteroatoms. The first kappa shape index (κ1) is 14.4. The van der Waals surface area contributed by atoms with E-state index in [1.165, 1.54) is 0 Å². The molecule has 0 aliphatic rings. The predicted molar refractivity (Wildman–Crippen MR) is 79.0 cm³/mol. The Bertz CT molecular complexity index is 772. The molecule has 0 fully saturated rings. The van der Waals surface area contributed by atoms with E-state index in [2.05, 4.69) is 4.98 Å². The summed E-state index contributed by atoms with van der Waals surface area (Å²) in [5, 5.41) is 10.3. The van der Waals surface area contributed by atoms with Crippen LogP contribution < -0.4 is 0 Å². The molecule has 3 rings (SSSR count). The van der Waals surface area contributed by atoms with Crippen molar-refractivity contribution in [2.75, 3.05) is 0 Å². The van der Waals surface area contributed by atoms with Crippen LogP contribution in [0.4, 0.5) is 8.78 Å². The number of aliphatic hydroxyl groups excluding tert-OH is 1. The van der Waals surface area contributed by atoms with Crippen molar-refractivity contribution in [2.45, 2.75) is 12.6 Å². The lowest BCUT2D eigenvalue weighted by Gasteiger charge is -2.13. The van der Waals surface area contributed by atoms with Crippen LogP contribution in [0.15, 0.2) is 61.2 Å². The molecule has 22 heavy (non-hydrogen) atoms. The number of aromatic nitrogens is 2. The maximum Gasteiger partial charge on any atom is 0.131 e. The maximum atomic E-state index is 13.9. The monoisotopic (exact) mass is 300 g/mol. The second kappa shape index (κ2) is 6.07. The minimum Gasteiger partial charge on any atom is -0.387 e. The Kier molecular flexibility index (Phi) is 3.98. The number of hydrogen-bond donors (Lipinski definition) is 1. The topological polar surface area (TPSA) is 38.0 Å². The van der Waals surface area contributed by atoms with Gasteiger partial charge in [0.05, 0.1) is 19.0 Å². The van der Waals surface area contributed by atoms with Crippen molar-refractivity contribution in [1.29, 1.82) is 0 Å². The van der Waals surface area contributed by atoms with E-state index in [0.717, 1.165) is 18.2 Å². The van der Waals surface area contributed by atoms with E-state index in [4.69, 9.17) is 0 Å². The fraction of sp³-hybridized carbons (Fsp3) is 0.118. The smallest absolute Gasteiger partial charge is 0.131 e. The van der Waals surface area contributed by atoms with Crippen molar-refractivity contribution in [2.24, 2.45) is 0 Å². The number of hydrogen-bond acceptors (Lipinski definition) is 2. The van der Waals surface area contributed by atoms with Crippen LogP contribution in [0.5, 0.6) is 0 Å². The highest BCUT2D eigenvalue weighted by molar-refractivity contribution is 5.65. The van der Waals surface area contributed by atoms with Crippen LogP contribution in [0.3, 0.4) is 0 Å². The molecule has 1 unspecified atom stereocenters. The highest BCUT2D eigenvalue weighted by Crippen LogP contribution is 2.27. The minimum absolute atomic E-state index is 0.177. The summed E-state index contributed by atoms with van der Waals surface area (Å²) in [7, 11) is 0. The molecule has 0 bridgehead atoms. The van der Waals surface area contributed by atoms with E-state index in [-0.39, 0.29) is 5.56 Å². The lowest BCUT2D eigenvalue weighted by molar-refractivity contribution is 0.156. The Morgan fingerprint density at radius 3 is 2.77 bits per heavy atom. The Labute approximate surface area is 126 Å². The summed E-state index contributed by atoms with van der Waals surface area (Å²) in [6.45, 7) is 0.342. The van der Waals surface area contributed by atoms with Crippen molar-refractivity contribution in [3.63, 3.8) is 0 Å². The summed E-state index contributed by atoms with van der Waals surface area (Å²) in [5.41, 5.74) is 1.34. The van der Waals surface area contributed by atoms with Crippen LogP contribution in [-0.4, -0.2) is 14.7 Å². The van der Waals surface area contributed by atoms with Crippen LogP contribution in [0.2, 0.25) is 0 Å². The van der Waals surface area contributed by atoms with Crippen molar-refractivity contribution in [1.82, 2.24) is 9.55 Å². The minimum atomic E-state index is -0.759. The van der Waals surface area contributed by atoms with Gasteiger partial charge >= 0.3 is 0 Å². The van der Waals surface area contributed by atoms with E-state index in [0.29, 0.717) is 17.7 Å². The third kappa shape index (κ3) is 3.04. The van der Waals surface area contributed by atoms with Gasteiger partial charge in [-0.25, -0.2) is 13.8 Å². The molecular formula is C17H14F2N2O. The number of imidazole rings is 1. The third-order valence-corrected chi connectivity index (χ3v) is 3.45. The Hall–Kier alpha value is -2.53. The first-order valence-electron chi connectivity index (χ1n) is 6.82. The van der Waals surface area contributed by atoms with Crippen LogP contribution in [0, 0.1) is 11.6 Å². The Morgan fingerprint density at radius 2 is 2.00 bits per heavy atom. The summed E-state index contributed by atoms with van der Waals surface area (Å²) in [6, 6.07) is 10.1. The predicted octanol–water partition coefficient (Wildman–Crippen LogP) is 3.56. The van der Waals surface area contributed by atoms with Crippen molar-refractivity contribution in [3.8, 4) is 11.1 Å². The number of nitrogens with zero attached hydrogens (tertiary/aromatic N) is 2. The Morgan fingerprint density at radius 1 is 1.14 bits per heavy atom. The molecule has 0 radical (unpaired) electrons. The molecule has 112 valence electrons. The van der Waals surface area contributed by atoms with Gasteiger partial charge in [0.25, 0.3) is 0 Å². The second-order valence-electron chi connectivity index (χ2n) is 5.02. The summed E-state index contributed by atoms with van der Waals surface area (Å²) in [6.07, 6.45) is 4.23. The second-order valence-corrected chi connectivity index (χ2v) is 5.02. The number of benzene rings is 2. The van der Waals surface area contributed by atoms with Crippen molar-refractivity contribution in [3.05, 3.63) is 78.4 Å². The van der Waals surface area contributed by atoms with Gasteiger partial charge in [-0.1, -0.05) is 18.2 Å².